The number of aromatic nitrogens is 1. The molecule has 0 aliphatic rings. The number of aliphatic hydroxyl groups excluding tert-OH is 1. The van der Waals surface area contributed by atoms with Crippen LogP contribution in [0, 0.1) is 6.92 Å². The maximum absolute atomic E-state index is 12.0. The number of thiazole rings is 1. The smallest absolute Gasteiger partial charge is 0.338 e. The normalized spacial score (nSPS) is 11.8. The zero-order valence-electron chi connectivity index (χ0n) is 12.2. The molecule has 116 valence electrons. The van der Waals surface area contributed by atoms with E-state index in [1.165, 1.54) is 17.4 Å². The molecule has 0 aliphatic carbocycles. The number of rotatable bonds is 5. The van der Waals surface area contributed by atoms with Crippen LogP contribution < -0.4 is 5.32 Å². The summed E-state index contributed by atoms with van der Waals surface area (Å²) < 4.78 is 4.94. The van der Waals surface area contributed by atoms with Crippen LogP contribution in [0.3, 0.4) is 0 Å². The molecule has 1 aromatic heterocycles. The molecule has 2 aromatic rings. The van der Waals surface area contributed by atoms with Gasteiger partial charge >= 0.3 is 5.97 Å². The van der Waals surface area contributed by atoms with Crippen molar-refractivity contribution < 1.29 is 19.4 Å². The lowest BCUT2D eigenvalue weighted by molar-refractivity contribution is -0.124. The first-order valence-electron chi connectivity index (χ1n) is 6.67. The number of nitrogens with one attached hydrogen (secondary N) is 1. The zero-order chi connectivity index (χ0) is 16.1. The number of nitrogens with zero attached hydrogens (tertiary/aromatic N) is 1. The van der Waals surface area contributed by atoms with Gasteiger partial charge in [0.2, 0.25) is 0 Å². The Balaban J connectivity index is 2.13. The van der Waals surface area contributed by atoms with Gasteiger partial charge in [-0.3, -0.25) is 4.79 Å². The van der Waals surface area contributed by atoms with Crippen LogP contribution in [0.15, 0.2) is 29.1 Å². The molecule has 0 radical (unpaired) electrons. The Kier molecular flexibility index (Phi) is 5.24. The number of aryl methyl sites for hydroxylation is 1. The van der Waals surface area contributed by atoms with Gasteiger partial charge in [0.25, 0.3) is 5.91 Å². The Bertz CT molecular complexity index is 670. The molecule has 0 saturated carbocycles. The third kappa shape index (κ3) is 3.69. The molecule has 1 aromatic carbocycles. The van der Waals surface area contributed by atoms with Crippen molar-refractivity contribution in [1.82, 2.24) is 4.98 Å². The third-order valence-electron chi connectivity index (χ3n) is 2.99. The summed E-state index contributed by atoms with van der Waals surface area (Å²) in [5, 5.41) is 14.3. The molecule has 1 unspecified atom stereocenters. The minimum absolute atomic E-state index is 0.290. The average molecular weight is 320 g/mol. The van der Waals surface area contributed by atoms with E-state index in [4.69, 9.17) is 4.74 Å². The second-order valence-electron chi connectivity index (χ2n) is 4.56. The number of amides is 1. The van der Waals surface area contributed by atoms with Gasteiger partial charge in [0.15, 0.2) is 6.10 Å². The van der Waals surface area contributed by atoms with Crippen LogP contribution in [0.25, 0.3) is 0 Å². The van der Waals surface area contributed by atoms with Crippen LogP contribution in [0.5, 0.6) is 0 Å². The zero-order valence-corrected chi connectivity index (χ0v) is 13.0. The van der Waals surface area contributed by atoms with E-state index in [-0.39, 0.29) is 0 Å². The van der Waals surface area contributed by atoms with Crippen molar-refractivity contribution in [3.8, 4) is 0 Å². The van der Waals surface area contributed by atoms with Crippen LogP contribution >= 0.6 is 11.3 Å². The lowest BCUT2D eigenvalue weighted by Gasteiger charge is -2.13. The van der Waals surface area contributed by atoms with E-state index in [1.54, 1.807) is 36.9 Å². The molecule has 1 heterocycles. The third-order valence-corrected chi connectivity index (χ3v) is 3.58. The number of esters is 1. The highest BCUT2D eigenvalue weighted by molar-refractivity contribution is 7.07. The van der Waals surface area contributed by atoms with Gasteiger partial charge in [-0.25, -0.2) is 9.78 Å². The van der Waals surface area contributed by atoms with Crippen LogP contribution in [0.4, 0.5) is 5.82 Å². The molecule has 2 rings (SSSR count). The molecule has 0 bridgehead atoms. The van der Waals surface area contributed by atoms with Crippen LogP contribution in [-0.4, -0.2) is 28.6 Å². The van der Waals surface area contributed by atoms with Crippen LogP contribution in [0.1, 0.15) is 34.5 Å². The average Bonchev–Trinajstić information content (AvgIpc) is 2.99. The van der Waals surface area contributed by atoms with E-state index in [0.29, 0.717) is 29.1 Å². The number of carbonyl (C=O) groups is 2. The minimum Gasteiger partial charge on any atom is -0.462 e. The summed E-state index contributed by atoms with van der Waals surface area (Å²) in [4.78, 5) is 27.6. The summed E-state index contributed by atoms with van der Waals surface area (Å²) in [5.41, 5.74) is 3.03. The summed E-state index contributed by atoms with van der Waals surface area (Å²) in [6.45, 7) is 3.74. The van der Waals surface area contributed by atoms with Crippen LogP contribution in [0.2, 0.25) is 0 Å². The maximum Gasteiger partial charge on any atom is 0.338 e. The first-order valence-corrected chi connectivity index (χ1v) is 7.62. The summed E-state index contributed by atoms with van der Waals surface area (Å²) in [6, 6.07) is 4.67. The number of carbonyl (C=O) groups excluding carboxylic acids is 2. The Morgan fingerprint density at radius 3 is 2.82 bits per heavy atom. The highest BCUT2D eigenvalue weighted by Crippen LogP contribution is 2.20. The van der Waals surface area contributed by atoms with Gasteiger partial charge in [-0.1, -0.05) is 12.1 Å². The molecule has 22 heavy (non-hydrogen) atoms. The van der Waals surface area contributed by atoms with E-state index in [2.05, 4.69) is 10.3 Å². The largest absolute Gasteiger partial charge is 0.462 e. The quantitative estimate of drug-likeness (QED) is 0.825. The molecule has 1 amide bonds. The minimum atomic E-state index is -1.34. The summed E-state index contributed by atoms with van der Waals surface area (Å²) >= 11 is 1.34. The standard InChI is InChI=1S/C15H16N2O4S/c1-3-21-15(20)11-5-4-10(6-9(11)2)13(18)14(19)17-12-7-22-8-16-12/h4-8,13,18H,3H2,1-2H3,(H,17,19). The number of aliphatic hydroxyl groups is 1. The lowest BCUT2D eigenvalue weighted by atomic mass is 10.0. The van der Waals surface area contributed by atoms with Crippen molar-refractivity contribution in [2.45, 2.75) is 20.0 Å². The second-order valence-corrected chi connectivity index (χ2v) is 5.28. The lowest BCUT2D eigenvalue weighted by Crippen LogP contribution is -2.21. The Morgan fingerprint density at radius 2 is 2.23 bits per heavy atom. The fraction of sp³-hybridized carbons (Fsp3) is 0.267. The van der Waals surface area contributed by atoms with Crippen LogP contribution in [-0.2, 0) is 9.53 Å². The van der Waals surface area contributed by atoms with Crippen molar-refractivity contribution in [3.05, 3.63) is 45.8 Å². The SMILES string of the molecule is CCOC(=O)c1ccc(C(O)C(=O)Nc2cscn2)cc1C. The molecule has 1 atom stereocenters. The van der Waals surface area contributed by atoms with Crippen molar-refractivity contribution in [2.24, 2.45) is 0 Å². The molecule has 7 heteroatoms. The van der Waals surface area contributed by atoms with Gasteiger partial charge in [0, 0.05) is 5.38 Å². The highest BCUT2D eigenvalue weighted by Gasteiger charge is 2.20. The Hall–Kier alpha value is -2.25. The van der Waals surface area contributed by atoms with E-state index in [0.717, 1.165) is 0 Å². The maximum atomic E-state index is 12.0. The van der Waals surface area contributed by atoms with Gasteiger partial charge in [0.1, 0.15) is 5.82 Å². The highest BCUT2D eigenvalue weighted by atomic mass is 32.1. The topological polar surface area (TPSA) is 88.5 Å². The fourth-order valence-electron chi connectivity index (χ4n) is 1.92. The second kappa shape index (κ2) is 7.15. The van der Waals surface area contributed by atoms with Gasteiger partial charge in [-0.15, -0.1) is 11.3 Å². The Morgan fingerprint density at radius 1 is 1.45 bits per heavy atom. The number of hydrogen-bond acceptors (Lipinski definition) is 6. The summed E-state index contributed by atoms with van der Waals surface area (Å²) in [7, 11) is 0. The molecule has 2 N–H and O–H groups in total. The van der Waals surface area contributed by atoms with Crippen molar-refractivity contribution in [2.75, 3.05) is 11.9 Å². The Labute approximate surface area is 131 Å². The van der Waals surface area contributed by atoms with E-state index >= 15 is 0 Å². The van der Waals surface area contributed by atoms with Crippen molar-refractivity contribution >= 4 is 29.0 Å². The van der Waals surface area contributed by atoms with Crippen molar-refractivity contribution in [1.29, 1.82) is 0 Å². The number of hydrogen-bond donors (Lipinski definition) is 2. The molecule has 0 saturated heterocycles. The molecule has 0 spiro atoms. The van der Waals surface area contributed by atoms with E-state index in [9.17, 15) is 14.7 Å². The predicted octanol–water partition coefficient (Wildman–Crippen LogP) is 2.30. The van der Waals surface area contributed by atoms with Gasteiger partial charge in [-0.05, 0) is 31.0 Å². The van der Waals surface area contributed by atoms with Gasteiger partial charge in [-0.2, -0.15) is 0 Å². The monoisotopic (exact) mass is 320 g/mol. The van der Waals surface area contributed by atoms with E-state index in [1.807, 2.05) is 0 Å². The number of benzene rings is 1. The van der Waals surface area contributed by atoms with Crippen molar-refractivity contribution in [3.63, 3.8) is 0 Å². The molecular weight excluding hydrogens is 304 g/mol. The summed E-state index contributed by atoms with van der Waals surface area (Å²) in [6.07, 6.45) is -1.34. The molecule has 0 fully saturated rings. The molecule has 0 aliphatic heterocycles. The first-order chi connectivity index (χ1) is 10.5. The predicted molar refractivity (Wildman–Crippen MR) is 82.8 cm³/mol. The number of anilines is 1. The van der Waals surface area contributed by atoms with Gasteiger partial charge in [0.05, 0.1) is 17.7 Å². The molecular formula is C15H16N2O4S. The first kappa shape index (κ1) is 16.1. The van der Waals surface area contributed by atoms with Gasteiger partial charge < -0.3 is 15.2 Å². The summed E-state index contributed by atoms with van der Waals surface area (Å²) in [5.74, 6) is -0.601. The van der Waals surface area contributed by atoms with E-state index < -0.39 is 18.0 Å². The molecule has 6 nitrogen and oxygen atoms in total. The number of ether oxygens (including phenoxy) is 1. The fourth-order valence-corrected chi connectivity index (χ4v) is 2.40.